The molecule has 2 aliphatic heterocycles. The van der Waals surface area contributed by atoms with Crippen molar-refractivity contribution < 1.29 is 0 Å². The minimum absolute atomic E-state index is 0.699. The molecule has 2 heterocycles. The number of nitrogens with zero attached hydrogens (tertiary/aromatic N) is 2. The largest absolute Gasteiger partial charge is 0.303 e. The van der Waals surface area contributed by atoms with Crippen LogP contribution in [0.3, 0.4) is 0 Å². The van der Waals surface area contributed by atoms with Crippen LogP contribution in [0, 0.1) is 17.3 Å². The number of piperidine rings is 1. The molecule has 2 heteroatoms. The van der Waals surface area contributed by atoms with Crippen molar-refractivity contribution >= 4 is 0 Å². The summed E-state index contributed by atoms with van der Waals surface area (Å²) in [6, 6.07) is 0. The number of likely N-dealkylation sites (tertiary alicyclic amines) is 2. The average Bonchev–Trinajstić information content (AvgIpc) is 2.68. The highest BCUT2D eigenvalue weighted by atomic mass is 15.2. The van der Waals surface area contributed by atoms with Crippen LogP contribution in [0.25, 0.3) is 0 Å². The second kappa shape index (κ2) is 13.3. The minimum Gasteiger partial charge on any atom is -0.303 e. The summed E-state index contributed by atoms with van der Waals surface area (Å²) < 4.78 is 0. The molecule has 0 aromatic rings. The van der Waals surface area contributed by atoms with Crippen LogP contribution in [0.1, 0.15) is 111 Å². The van der Waals surface area contributed by atoms with Gasteiger partial charge in [-0.2, -0.15) is 0 Å². The highest BCUT2D eigenvalue weighted by Gasteiger charge is 2.44. The third kappa shape index (κ3) is 8.34. The summed E-state index contributed by atoms with van der Waals surface area (Å²) in [5, 5.41) is 0. The molecule has 0 N–H and O–H groups in total. The van der Waals surface area contributed by atoms with Crippen LogP contribution < -0.4 is 0 Å². The molecule has 2 unspecified atom stereocenters. The molecule has 0 aromatic heterocycles. The van der Waals surface area contributed by atoms with Crippen LogP contribution >= 0.6 is 0 Å². The quantitative estimate of drug-likeness (QED) is 0.277. The lowest BCUT2D eigenvalue weighted by Crippen LogP contribution is -2.60. The van der Waals surface area contributed by atoms with E-state index in [-0.39, 0.29) is 0 Å². The summed E-state index contributed by atoms with van der Waals surface area (Å²) in [6.07, 6.45) is 18.6. The van der Waals surface area contributed by atoms with Crippen LogP contribution in [-0.2, 0) is 0 Å². The Kier molecular flexibility index (Phi) is 11.5. The summed E-state index contributed by atoms with van der Waals surface area (Å²) >= 11 is 0. The van der Waals surface area contributed by atoms with Crippen molar-refractivity contribution in [1.29, 1.82) is 0 Å². The van der Waals surface area contributed by atoms with Gasteiger partial charge in [-0.15, -0.1) is 0 Å². The van der Waals surface area contributed by atoms with E-state index in [1.165, 1.54) is 123 Å². The Balaban J connectivity index is 1.65. The van der Waals surface area contributed by atoms with Crippen molar-refractivity contribution in [3.63, 3.8) is 0 Å². The van der Waals surface area contributed by atoms with Gasteiger partial charge < -0.3 is 9.80 Å². The van der Waals surface area contributed by atoms with Crippen molar-refractivity contribution in [3.8, 4) is 0 Å². The Morgan fingerprint density at radius 1 is 0.750 bits per heavy atom. The Labute approximate surface area is 177 Å². The molecular formula is C26H52N2. The lowest BCUT2D eigenvalue weighted by molar-refractivity contribution is -0.0505. The van der Waals surface area contributed by atoms with Crippen LogP contribution in [0.4, 0.5) is 0 Å². The van der Waals surface area contributed by atoms with Gasteiger partial charge in [-0.05, 0) is 69.0 Å². The lowest BCUT2D eigenvalue weighted by Gasteiger charge is -2.54. The van der Waals surface area contributed by atoms with Crippen LogP contribution in [-0.4, -0.2) is 49.1 Å². The summed E-state index contributed by atoms with van der Waals surface area (Å²) in [7, 11) is 0. The molecule has 2 rings (SSSR count). The molecule has 0 aromatic carbocycles. The Morgan fingerprint density at radius 3 is 1.96 bits per heavy atom. The second-order valence-corrected chi connectivity index (χ2v) is 10.5. The predicted octanol–water partition coefficient (Wildman–Crippen LogP) is 6.99. The van der Waals surface area contributed by atoms with E-state index in [4.69, 9.17) is 0 Å². The van der Waals surface area contributed by atoms with Gasteiger partial charge in [-0.3, -0.25) is 0 Å². The second-order valence-electron chi connectivity index (χ2n) is 10.5. The van der Waals surface area contributed by atoms with E-state index in [9.17, 15) is 0 Å². The van der Waals surface area contributed by atoms with E-state index in [1.807, 2.05) is 0 Å². The van der Waals surface area contributed by atoms with E-state index in [0.717, 1.165) is 11.8 Å². The first kappa shape index (κ1) is 24.2. The molecule has 0 bridgehead atoms. The molecular weight excluding hydrogens is 340 g/mol. The minimum atomic E-state index is 0.699. The standard InChI is InChI=1S/C26H52N2/c1-5-8-10-12-14-25(13-11-9-6-2)21-27-19-16-26(17-20-27)22-28(23-26)18-15-24(4)7-3/h24-25H,5-23H2,1-4H3. The first-order valence-corrected chi connectivity index (χ1v) is 13.1. The van der Waals surface area contributed by atoms with Gasteiger partial charge >= 0.3 is 0 Å². The van der Waals surface area contributed by atoms with Gasteiger partial charge in [0.05, 0.1) is 0 Å². The summed E-state index contributed by atoms with van der Waals surface area (Å²) in [4.78, 5) is 5.58. The normalized spacial score (nSPS) is 22.3. The highest BCUT2D eigenvalue weighted by Crippen LogP contribution is 2.41. The molecule has 0 amide bonds. The molecule has 1 spiro atoms. The van der Waals surface area contributed by atoms with Crippen molar-refractivity contribution in [2.75, 3.05) is 39.3 Å². The Bertz CT molecular complexity index is 378. The van der Waals surface area contributed by atoms with Crippen LogP contribution in [0.15, 0.2) is 0 Å². The van der Waals surface area contributed by atoms with Crippen molar-refractivity contribution in [2.24, 2.45) is 17.3 Å². The van der Waals surface area contributed by atoms with Crippen LogP contribution in [0.5, 0.6) is 0 Å². The maximum atomic E-state index is 2.84. The van der Waals surface area contributed by atoms with E-state index in [2.05, 4.69) is 37.5 Å². The molecule has 0 aliphatic carbocycles. The predicted molar refractivity (Wildman–Crippen MR) is 125 cm³/mol. The van der Waals surface area contributed by atoms with E-state index in [1.54, 1.807) is 0 Å². The Hall–Kier alpha value is -0.0800. The zero-order valence-corrected chi connectivity index (χ0v) is 20.0. The number of hydrogen-bond acceptors (Lipinski definition) is 2. The highest BCUT2D eigenvalue weighted by molar-refractivity contribution is 4.98. The number of unbranched alkanes of at least 4 members (excludes halogenated alkanes) is 5. The zero-order chi connectivity index (χ0) is 20.2. The molecule has 2 nitrogen and oxygen atoms in total. The molecule has 0 saturated carbocycles. The maximum Gasteiger partial charge on any atom is 0.00514 e. The Morgan fingerprint density at radius 2 is 1.36 bits per heavy atom. The zero-order valence-electron chi connectivity index (χ0n) is 20.0. The van der Waals surface area contributed by atoms with E-state index in [0.29, 0.717) is 5.41 Å². The fourth-order valence-corrected chi connectivity index (χ4v) is 5.43. The molecule has 2 aliphatic rings. The van der Waals surface area contributed by atoms with Crippen molar-refractivity contribution in [3.05, 3.63) is 0 Å². The first-order chi connectivity index (χ1) is 13.6. The van der Waals surface area contributed by atoms with E-state index < -0.39 is 0 Å². The molecule has 2 atom stereocenters. The van der Waals surface area contributed by atoms with E-state index >= 15 is 0 Å². The molecule has 28 heavy (non-hydrogen) atoms. The van der Waals surface area contributed by atoms with Gasteiger partial charge in [0.15, 0.2) is 0 Å². The van der Waals surface area contributed by atoms with Gasteiger partial charge in [0.2, 0.25) is 0 Å². The average molecular weight is 393 g/mol. The molecule has 2 saturated heterocycles. The van der Waals surface area contributed by atoms with Gasteiger partial charge in [-0.25, -0.2) is 0 Å². The fourth-order valence-electron chi connectivity index (χ4n) is 5.43. The molecule has 2 fully saturated rings. The number of rotatable bonds is 15. The van der Waals surface area contributed by atoms with Gasteiger partial charge in [0.1, 0.15) is 0 Å². The molecule has 166 valence electrons. The SMILES string of the molecule is CCCCCCC(CCCCC)CN1CCC2(CC1)CN(CCC(C)CC)C2. The monoisotopic (exact) mass is 392 g/mol. The maximum absolute atomic E-state index is 2.84. The lowest BCUT2D eigenvalue weighted by atomic mass is 9.71. The first-order valence-electron chi connectivity index (χ1n) is 13.1. The smallest absolute Gasteiger partial charge is 0.00514 e. The number of hydrogen-bond donors (Lipinski definition) is 0. The van der Waals surface area contributed by atoms with Crippen LogP contribution in [0.2, 0.25) is 0 Å². The summed E-state index contributed by atoms with van der Waals surface area (Å²) in [5.41, 5.74) is 0.699. The van der Waals surface area contributed by atoms with Gasteiger partial charge in [-0.1, -0.05) is 79.1 Å². The molecule has 0 radical (unpaired) electrons. The third-order valence-corrected chi connectivity index (χ3v) is 7.87. The van der Waals surface area contributed by atoms with Crippen molar-refractivity contribution in [2.45, 2.75) is 111 Å². The fraction of sp³-hybridized carbons (Fsp3) is 1.00. The van der Waals surface area contributed by atoms with Crippen molar-refractivity contribution in [1.82, 2.24) is 9.80 Å². The van der Waals surface area contributed by atoms with Gasteiger partial charge in [0, 0.05) is 19.6 Å². The summed E-state index contributed by atoms with van der Waals surface area (Å²) in [5.74, 6) is 1.87. The third-order valence-electron chi connectivity index (χ3n) is 7.87. The van der Waals surface area contributed by atoms with Gasteiger partial charge in [0.25, 0.3) is 0 Å². The topological polar surface area (TPSA) is 6.48 Å². The summed E-state index contributed by atoms with van der Waals surface area (Å²) in [6.45, 7) is 17.7.